The van der Waals surface area contributed by atoms with Crippen LogP contribution in [0.3, 0.4) is 0 Å². The first-order valence-corrected chi connectivity index (χ1v) is 18.9. The van der Waals surface area contributed by atoms with Crippen LogP contribution in [0.1, 0.15) is 0 Å². The standard InChI is InChI=1S/C53H34N2/c1-4-17-36(18-5-1)48-34-41-33-40(30-31-43(41)53-51(48)52(37-19-6-2-7-20-37)54-55(53)42-22-8-3-9-23-42)50-46-26-14-12-24-44(46)49(45-25-13-15-27-47(45)50)39-29-28-35-16-10-11-21-38(35)32-39/h1-34H. The lowest BCUT2D eigenvalue weighted by molar-refractivity contribution is 0.918. The number of hydrogen-bond donors (Lipinski definition) is 0. The summed E-state index contributed by atoms with van der Waals surface area (Å²) in [4.78, 5) is 0. The van der Waals surface area contributed by atoms with Gasteiger partial charge in [0.1, 0.15) is 5.69 Å². The van der Waals surface area contributed by atoms with Crippen LogP contribution in [0.4, 0.5) is 0 Å². The summed E-state index contributed by atoms with van der Waals surface area (Å²) < 4.78 is 2.15. The summed E-state index contributed by atoms with van der Waals surface area (Å²) in [7, 11) is 0. The van der Waals surface area contributed by atoms with Gasteiger partial charge in [0.05, 0.1) is 11.2 Å². The molecule has 0 bridgehead atoms. The van der Waals surface area contributed by atoms with Gasteiger partial charge in [0, 0.05) is 16.3 Å². The highest BCUT2D eigenvalue weighted by atomic mass is 15.3. The van der Waals surface area contributed by atoms with Gasteiger partial charge in [-0.2, -0.15) is 5.10 Å². The van der Waals surface area contributed by atoms with Gasteiger partial charge in [-0.15, -0.1) is 0 Å². The van der Waals surface area contributed by atoms with Crippen LogP contribution in [0.15, 0.2) is 206 Å². The Bertz CT molecular complexity index is 3180. The molecule has 2 nitrogen and oxygen atoms in total. The van der Waals surface area contributed by atoms with Crippen molar-refractivity contribution in [2.24, 2.45) is 0 Å². The van der Waals surface area contributed by atoms with Gasteiger partial charge in [-0.05, 0) is 101 Å². The fourth-order valence-electron chi connectivity index (χ4n) is 8.70. The van der Waals surface area contributed by atoms with Gasteiger partial charge >= 0.3 is 0 Å². The molecular weight excluding hydrogens is 665 g/mol. The highest BCUT2D eigenvalue weighted by molar-refractivity contribution is 6.23. The molecule has 0 unspecified atom stereocenters. The highest BCUT2D eigenvalue weighted by Gasteiger charge is 2.22. The molecular formula is C53H34N2. The summed E-state index contributed by atoms with van der Waals surface area (Å²) in [5.41, 5.74) is 11.5. The van der Waals surface area contributed by atoms with Gasteiger partial charge in [-0.3, -0.25) is 0 Å². The maximum atomic E-state index is 5.40. The number of benzene rings is 10. The van der Waals surface area contributed by atoms with Crippen LogP contribution in [0, 0.1) is 0 Å². The van der Waals surface area contributed by atoms with Crippen LogP contribution in [-0.2, 0) is 0 Å². The summed E-state index contributed by atoms with van der Waals surface area (Å²) in [6.45, 7) is 0. The Balaban J connectivity index is 1.23. The van der Waals surface area contributed by atoms with E-state index in [2.05, 4.69) is 211 Å². The Hall–Kier alpha value is -7.29. The van der Waals surface area contributed by atoms with Crippen LogP contribution < -0.4 is 0 Å². The number of nitrogens with zero attached hydrogens (tertiary/aromatic N) is 2. The second kappa shape index (κ2) is 12.7. The lowest BCUT2D eigenvalue weighted by Crippen LogP contribution is -1.97. The van der Waals surface area contributed by atoms with E-state index in [-0.39, 0.29) is 0 Å². The monoisotopic (exact) mass is 698 g/mol. The maximum Gasteiger partial charge on any atom is 0.101 e. The van der Waals surface area contributed by atoms with E-state index in [1.165, 1.54) is 76.5 Å². The molecule has 0 fully saturated rings. The fraction of sp³-hybridized carbons (Fsp3) is 0. The Labute approximate surface area is 319 Å². The maximum absolute atomic E-state index is 5.40. The van der Waals surface area contributed by atoms with Gasteiger partial charge in [-0.25, -0.2) is 4.68 Å². The Morgan fingerprint density at radius 2 is 0.818 bits per heavy atom. The van der Waals surface area contributed by atoms with Crippen LogP contribution in [0.5, 0.6) is 0 Å². The van der Waals surface area contributed by atoms with E-state index >= 15 is 0 Å². The van der Waals surface area contributed by atoms with E-state index in [0.29, 0.717) is 0 Å². The van der Waals surface area contributed by atoms with Crippen molar-refractivity contribution >= 4 is 54.0 Å². The second-order valence-corrected chi connectivity index (χ2v) is 14.3. The quantitative estimate of drug-likeness (QED) is 0.164. The minimum absolute atomic E-state index is 0.977. The Kier molecular flexibility index (Phi) is 7.21. The summed E-state index contributed by atoms with van der Waals surface area (Å²) in [5, 5.41) is 16.4. The molecule has 0 saturated carbocycles. The van der Waals surface area contributed by atoms with Crippen LogP contribution in [-0.4, -0.2) is 9.78 Å². The third kappa shape index (κ3) is 5.07. The minimum atomic E-state index is 0.977. The van der Waals surface area contributed by atoms with Gasteiger partial charge in [0.15, 0.2) is 0 Å². The fourth-order valence-corrected chi connectivity index (χ4v) is 8.70. The first kappa shape index (κ1) is 31.3. The molecule has 0 amide bonds. The van der Waals surface area contributed by atoms with Crippen molar-refractivity contribution in [3.63, 3.8) is 0 Å². The van der Waals surface area contributed by atoms with Crippen molar-refractivity contribution < 1.29 is 0 Å². The molecule has 0 radical (unpaired) electrons. The SMILES string of the molecule is c1ccc(-c2cc3cc(-c4c5ccccc5c(-c5ccc6ccccc6c5)c5ccccc45)ccc3c3c2c(-c2ccccc2)nn3-c2ccccc2)cc1. The molecule has 11 rings (SSSR count). The number of rotatable bonds is 5. The molecule has 256 valence electrons. The molecule has 10 aromatic carbocycles. The largest absolute Gasteiger partial charge is 0.232 e. The third-order valence-corrected chi connectivity index (χ3v) is 11.2. The van der Waals surface area contributed by atoms with E-state index < -0.39 is 0 Å². The summed E-state index contributed by atoms with van der Waals surface area (Å²) in [6, 6.07) is 74.6. The van der Waals surface area contributed by atoms with Crippen molar-refractivity contribution in [1.29, 1.82) is 0 Å². The zero-order valence-electron chi connectivity index (χ0n) is 30.0. The number of para-hydroxylation sites is 1. The number of aromatic nitrogens is 2. The van der Waals surface area contributed by atoms with E-state index in [4.69, 9.17) is 5.10 Å². The molecule has 0 N–H and O–H groups in total. The van der Waals surface area contributed by atoms with Crippen LogP contribution in [0.25, 0.3) is 104 Å². The predicted octanol–water partition coefficient (Wildman–Crippen LogP) is 14.3. The van der Waals surface area contributed by atoms with E-state index in [9.17, 15) is 0 Å². The van der Waals surface area contributed by atoms with E-state index in [0.717, 1.165) is 27.8 Å². The molecule has 0 aliphatic heterocycles. The van der Waals surface area contributed by atoms with Crippen LogP contribution >= 0.6 is 0 Å². The molecule has 11 aromatic rings. The zero-order valence-corrected chi connectivity index (χ0v) is 30.0. The van der Waals surface area contributed by atoms with Crippen molar-refractivity contribution in [1.82, 2.24) is 9.78 Å². The molecule has 0 aliphatic carbocycles. The van der Waals surface area contributed by atoms with Gasteiger partial charge < -0.3 is 0 Å². The average Bonchev–Trinajstić information content (AvgIpc) is 3.67. The summed E-state index contributed by atoms with van der Waals surface area (Å²) in [5.74, 6) is 0. The third-order valence-electron chi connectivity index (χ3n) is 11.2. The van der Waals surface area contributed by atoms with Crippen molar-refractivity contribution in [3.05, 3.63) is 206 Å². The minimum Gasteiger partial charge on any atom is -0.232 e. The smallest absolute Gasteiger partial charge is 0.101 e. The average molecular weight is 699 g/mol. The zero-order chi connectivity index (χ0) is 36.3. The number of hydrogen-bond acceptors (Lipinski definition) is 1. The van der Waals surface area contributed by atoms with Crippen molar-refractivity contribution in [3.8, 4) is 50.3 Å². The molecule has 1 aromatic heterocycles. The summed E-state index contributed by atoms with van der Waals surface area (Å²) in [6.07, 6.45) is 0. The van der Waals surface area contributed by atoms with E-state index in [1.54, 1.807) is 0 Å². The van der Waals surface area contributed by atoms with Crippen molar-refractivity contribution in [2.45, 2.75) is 0 Å². The normalized spacial score (nSPS) is 11.6. The summed E-state index contributed by atoms with van der Waals surface area (Å²) >= 11 is 0. The lowest BCUT2D eigenvalue weighted by atomic mass is 9.85. The molecule has 1 heterocycles. The molecule has 0 atom stereocenters. The van der Waals surface area contributed by atoms with Gasteiger partial charge in [0.2, 0.25) is 0 Å². The lowest BCUT2D eigenvalue weighted by Gasteiger charge is -2.19. The van der Waals surface area contributed by atoms with Crippen LogP contribution in [0.2, 0.25) is 0 Å². The molecule has 55 heavy (non-hydrogen) atoms. The van der Waals surface area contributed by atoms with E-state index in [1.807, 2.05) is 0 Å². The molecule has 0 spiro atoms. The topological polar surface area (TPSA) is 17.8 Å². The molecule has 0 aliphatic rings. The van der Waals surface area contributed by atoms with Gasteiger partial charge in [-0.1, -0.05) is 176 Å². The molecule has 2 heteroatoms. The predicted molar refractivity (Wildman–Crippen MR) is 233 cm³/mol. The Morgan fingerprint density at radius 1 is 0.327 bits per heavy atom. The first-order chi connectivity index (χ1) is 27.3. The first-order valence-electron chi connectivity index (χ1n) is 18.9. The molecule has 0 saturated heterocycles. The highest BCUT2D eigenvalue weighted by Crippen LogP contribution is 2.46. The Morgan fingerprint density at radius 3 is 1.44 bits per heavy atom. The van der Waals surface area contributed by atoms with Crippen molar-refractivity contribution in [2.75, 3.05) is 0 Å². The second-order valence-electron chi connectivity index (χ2n) is 14.3. The van der Waals surface area contributed by atoms with Gasteiger partial charge in [0.25, 0.3) is 0 Å². The number of fused-ring (bicyclic) bond motifs is 6.